The molecule has 0 radical (unpaired) electrons. The Labute approximate surface area is 135 Å². The van der Waals surface area contributed by atoms with Crippen LogP contribution in [0.1, 0.15) is 43.3 Å². The van der Waals surface area contributed by atoms with E-state index in [0.717, 1.165) is 23.5 Å². The molecule has 0 saturated heterocycles. The third-order valence-corrected chi connectivity index (χ3v) is 6.65. The highest BCUT2D eigenvalue weighted by Crippen LogP contribution is 2.33. The van der Waals surface area contributed by atoms with Crippen LogP contribution < -0.4 is 0 Å². The Morgan fingerprint density at radius 2 is 2.18 bits per heavy atom. The minimum absolute atomic E-state index is 0.0920. The average Bonchev–Trinajstić information content (AvgIpc) is 3.22. The Hall–Kier alpha value is -1.31. The van der Waals surface area contributed by atoms with Gasteiger partial charge >= 0.3 is 0 Å². The van der Waals surface area contributed by atoms with Crippen molar-refractivity contribution in [3.05, 3.63) is 40.6 Å². The van der Waals surface area contributed by atoms with Crippen LogP contribution >= 0.6 is 11.3 Å². The number of nitrogens with zero attached hydrogens (tertiary/aromatic N) is 3. The lowest BCUT2D eigenvalue weighted by Crippen LogP contribution is -2.32. The predicted molar refractivity (Wildman–Crippen MR) is 86.2 cm³/mol. The predicted octanol–water partition coefficient (Wildman–Crippen LogP) is 3.01. The minimum Gasteiger partial charge on any atom is -0.263 e. The molecule has 22 heavy (non-hydrogen) atoms. The molecule has 118 valence electrons. The van der Waals surface area contributed by atoms with E-state index in [1.54, 1.807) is 34.0 Å². The van der Waals surface area contributed by atoms with Crippen molar-refractivity contribution >= 4 is 21.4 Å². The van der Waals surface area contributed by atoms with Gasteiger partial charge in [-0.05, 0) is 25.0 Å². The summed E-state index contributed by atoms with van der Waals surface area (Å²) in [5, 5.41) is 3.01. The molecule has 3 rings (SSSR count). The molecular weight excluding hydrogens is 318 g/mol. The molecule has 1 fully saturated rings. The SMILES string of the molecule is CC(C)c1nc(CN(C2CC2)S(=O)(=O)c2cccnc2)cs1. The fourth-order valence-corrected chi connectivity index (χ4v) is 4.68. The molecule has 0 bridgehead atoms. The first kappa shape index (κ1) is 15.6. The first-order valence-electron chi connectivity index (χ1n) is 7.34. The van der Waals surface area contributed by atoms with E-state index in [0.29, 0.717) is 12.5 Å². The molecule has 0 aromatic carbocycles. The molecule has 1 saturated carbocycles. The maximum absolute atomic E-state index is 12.8. The van der Waals surface area contributed by atoms with E-state index in [2.05, 4.69) is 23.8 Å². The van der Waals surface area contributed by atoms with Gasteiger partial charge in [-0.1, -0.05) is 13.8 Å². The van der Waals surface area contributed by atoms with Crippen LogP contribution in [0.15, 0.2) is 34.8 Å². The number of aromatic nitrogens is 2. The molecule has 0 amide bonds. The second-order valence-electron chi connectivity index (χ2n) is 5.80. The Balaban J connectivity index is 1.87. The lowest BCUT2D eigenvalue weighted by atomic mass is 10.2. The molecule has 0 unspecified atom stereocenters. The van der Waals surface area contributed by atoms with Gasteiger partial charge in [-0.2, -0.15) is 4.31 Å². The molecule has 2 aromatic rings. The van der Waals surface area contributed by atoms with Crippen molar-refractivity contribution in [2.45, 2.75) is 50.1 Å². The molecule has 7 heteroatoms. The number of pyridine rings is 1. The summed E-state index contributed by atoms with van der Waals surface area (Å²) in [6, 6.07) is 3.34. The molecule has 2 heterocycles. The second-order valence-corrected chi connectivity index (χ2v) is 8.58. The van der Waals surface area contributed by atoms with Gasteiger partial charge in [0.05, 0.1) is 17.2 Å². The summed E-state index contributed by atoms with van der Waals surface area (Å²) >= 11 is 1.59. The minimum atomic E-state index is -3.51. The number of thiazole rings is 1. The van der Waals surface area contributed by atoms with Gasteiger partial charge < -0.3 is 0 Å². The number of rotatable bonds is 6. The van der Waals surface area contributed by atoms with Gasteiger partial charge in [0.25, 0.3) is 0 Å². The largest absolute Gasteiger partial charge is 0.263 e. The van der Waals surface area contributed by atoms with Gasteiger partial charge in [-0.3, -0.25) is 4.98 Å². The summed E-state index contributed by atoms with van der Waals surface area (Å²) < 4.78 is 27.2. The van der Waals surface area contributed by atoms with Crippen LogP contribution in [-0.2, 0) is 16.6 Å². The van der Waals surface area contributed by atoms with Crippen molar-refractivity contribution < 1.29 is 8.42 Å². The van der Waals surface area contributed by atoms with Gasteiger partial charge in [0.2, 0.25) is 10.0 Å². The zero-order valence-corrected chi connectivity index (χ0v) is 14.3. The first-order valence-corrected chi connectivity index (χ1v) is 9.66. The van der Waals surface area contributed by atoms with E-state index in [9.17, 15) is 8.42 Å². The molecule has 0 atom stereocenters. The van der Waals surface area contributed by atoms with Crippen LogP contribution in [0.5, 0.6) is 0 Å². The third kappa shape index (κ3) is 3.21. The zero-order valence-electron chi connectivity index (χ0n) is 12.6. The Bertz CT molecular complexity index is 737. The molecule has 0 spiro atoms. The molecule has 1 aliphatic carbocycles. The third-order valence-electron chi connectivity index (χ3n) is 3.58. The highest BCUT2D eigenvalue weighted by atomic mass is 32.2. The highest BCUT2D eigenvalue weighted by Gasteiger charge is 2.38. The summed E-state index contributed by atoms with van der Waals surface area (Å²) in [5.41, 5.74) is 0.827. The average molecular weight is 337 g/mol. The van der Waals surface area contributed by atoms with E-state index >= 15 is 0 Å². The van der Waals surface area contributed by atoms with E-state index in [4.69, 9.17) is 0 Å². The molecule has 1 aliphatic rings. The van der Waals surface area contributed by atoms with Crippen molar-refractivity contribution in [1.82, 2.24) is 14.3 Å². The first-order chi connectivity index (χ1) is 10.5. The fraction of sp³-hybridized carbons (Fsp3) is 0.467. The molecule has 0 N–H and O–H groups in total. The second kappa shape index (κ2) is 6.06. The van der Waals surface area contributed by atoms with Gasteiger partial charge in [0.15, 0.2) is 0 Å². The lowest BCUT2D eigenvalue weighted by molar-refractivity contribution is 0.394. The van der Waals surface area contributed by atoms with Crippen LogP contribution in [0.25, 0.3) is 0 Å². The number of hydrogen-bond donors (Lipinski definition) is 0. The Morgan fingerprint density at radius 3 is 2.73 bits per heavy atom. The van der Waals surface area contributed by atoms with Crippen LogP contribution in [0, 0.1) is 0 Å². The van der Waals surface area contributed by atoms with Crippen LogP contribution in [-0.4, -0.2) is 28.7 Å². The van der Waals surface area contributed by atoms with Crippen molar-refractivity contribution in [3.8, 4) is 0 Å². The van der Waals surface area contributed by atoms with Crippen molar-refractivity contribution in [1.29, 1.82) is 0 Å². The molecule has 0 aliphatic heterocycles. The number of sulfonamides is 1. The lowest BCUT2D eigenvalue weighted by Gasteiger charge is -2.20. The maximum Gasteiger partial charge on any atom is 0.245 e. The van der Waals surface area contributed by atoms with E-state index < -0.39 is 10.0 Å². The van der Waals surface area contributed by atoms with Crippen molar-refractivity contribution in [3.63, 3.8) is 0 Å². The Morgan fingerprint density at radius 1 is 1.41 bits per heavy atom. The normalized spacial score (nSPS) is 15.6. The van der Waals surface area contributed by atoms with Crippen LogP contribution in [0.4, 0.5) is 0 Å². The molecule has 2 aromatic heterocycles. The van der Waals surface area contributed by atoms with Gasteiger partial charge in [-0.15, -0.1) is 11.3 Å². The summed E-state index contributed by atoms with van der Waals surface area (Å²) in [4.78, 5) is 8.74. The zero-order chi connectivity index (χ0) is 15.7. The van der Waals surface area contributed by atoms with Crippen molar-refractivity contribution in [2.24, 2.45) is 0 Å². The highest BCUT2D eigenvalue weighted by molar-refractivity contribution is 7.89. The quantitative estimate of drug-likeness (QED) is 0.813. The summed E-state index contributed by atoms with van der Waals surface area (Å²) in [6.45, 7) is 4.52. The molecular formula is C15H19N3O2S2. The summed E-state index contributed by atoms with van der Waals surface area (Å²) in [7, 11) is -3.51. The summed E-state index contributed by atoms with van der Waals surface area (Å²) in [5.74, 6) is 0.364. The molecule has 5 nitrogen and oxygen atoms in total. The van der Waals surface area contributed by atoms with Gasteiger partial charge in [0.1, 0.15) is 4.90 Å². The standard InChI is InChI=1S/C15H19N3O2S2/c1-11(2)15-17-12(10-21-15)9-18(13-5-6-13)22(19,20)14-4-3-7-16-8-14/h3-4,7-8,10-11,13H,5-6,9H2,1-2H3. The topological polar surface area (TPSA) is 63.2 Å². The Kier molecular flexibility index (Phi) is 4.29. The van der Waals surface area contributed by atoms with Gasteiger partial charge in [0, 0.05) is 29.7 Å². The van der Waals surface area contributed by atoms with Gasteiger partial charge in [-0.25, -0.2) is 13.4 Å². The maximum atomic E-state index is 12.8. The van der Waals surface area contributed by atoms with E-state index in [-0.39, 0.29) is 10.9 Å². The smallest absolute Gasteiger partial charge is 0.245 e. The number of hydrogen-bond acceptors (Lipinski definition) is 5. The van der Waals surface area contributed by atoms with Crippen LogP contribution in [0.2, 0.25) is 0 Å². The van der Waals surface area contributed by atoms with E-state index in [1.807, 2.05) is 5.38 Å². The van der Waals surface area contributed by atoms with E-state index in [1.165, 1.54) is 6.20 Å². The van der Waals surface area contributed by atoms with Crippen LogP contribution in [0.3, 0.4) is 0 Å². The van der Waals surface area contributed by atoms with Crippen molar-refractivity contribution in [2.75, 3.05) is 0 Å². The fourth-order valence-electron chi connectivity index (χ4n) is 2.23. The monoisotopic (exact) mass is 337 g/mol. The summed E-state index contributed by atoms with van der Waals surface area (Å²) in [6.07, 6.45) is 4.82.